The van der Waals surface area contributed by atoms with E-state index in [-0.39, 0.29) is 11.6 Å². The van der Waals surface area contributed by atoms with Gasteiger partial charge in [-0.25, -0.2) is 9.67 Å². The molecule has 0 saturated heterocycles. The van der Waals surface area contributed by atoms with E-state index in [9.17, 15) is 10.1 Å². The summed E-state index contributed by atoms with van der Waals surface area (Å²) in [6.45, 7) is 0.291. The molecule has 0 aliphatic rings. The maximum atomic E-state index is 10.8. The van der Waals surface area contributed by atoms with E-state index in [0.29, 0.717) is 17.9 Å². The van der Waals surface area contributed by atoms with E-state index in [1.807, 2.05) is 0 Å². The standard InChI is InChI=1S/C10H9ClN4O2/c11-5-10-12-7-13-14(10)6-8-3-1-2-4-9(8)15(16)17/h1-4,7H,5-6H2. The normalized spacial score (nSPS) is 10.4. The van der Waals surface area contributed by atoms with E-state index in [2.05, 4.69) is 10.1 Å². The number of nitro benzene ring substituents is 1. The number of alkyl halides is 1. The number of hydrogen-bond donors (Lipinski definition) is 0. The second-order valence-corrected chi connectivity index (χ2v) is 3.62. The maximum Gasteiger partial charge on any atom is 0.274 e. The van der Waals surface area contributed by atoms with E-state index in [4.69, 9.17) is 11.6 Å². The minimum absolute atomic E-state index is 0.0727. The molecule has 17 heavy (non-hydrogen) atoms. The van der Waals surface area contributed by atoms with E-state index in [1.165, 1.54) is 12.4 Å². The third kappa shape index (κ3) is 2.42. The lowest BCUT2D eigenvalue weighted by atomic mass is 10.2. The van der Waals surface area contributed by atoms with Gasteiger partial charge in [-0.15, -0.1) is 11.6 Å². The highest BCUT2D eigenvalue weighted by Crippen LogP contribution is 2.18. The molecular weight excluding hydrogens is 244 g/mol. The summed E-state index contributed by atoms with van der Waals surface area (Å²) in [6.07, 6.45) is 1.38. The summed E-state index contributed by atoms with van der Waals surface area (Å²) in [7, 11) is 0. The van der Waals surface area contributed by atoms with Crippen LogP contribution in [-0.2, 0) is 12.4 Å². The number of nitro groups is 1. The average Bonchev–Trinajstić information content (AvgIpc) is 2.77. The fraction of sp³-hybridized carbons (Fsp3) is 0.200. The van der Waals surface area contributed by atoms with Gasteiger partial charge in [0.05, 0.1) is 22.9 Å². The van der Waals surface area contributed by atoms with Crippen molar-refractivity contribution in [2.45, 2.75) is 12.4 Å². The third-order valence-corrected chi connectivity index (χ3v) is 2.56. The smallest absolute Gasteiger partial charge is 0.258 e. The van der Waals surface area contributed by atoms with Crippen LogP contribution < -0.4 is 0 Å². The Kier molecular flexibility index (Phi) is 3.34. The van der Waals surface area contributed by atoms with Crippen LogP contribution in [0.1, 0.15) is 11.4 Å². The van der Waals surface area contributed by atoms with Gasteiger partial charge in [-0.05, 0) is 0 Å². The van der Waals surface area contributed by atoms with Gasteiger partial charge in [0.25, 0.3) is 5.69 Å². The summed E-state index contributed by atoms with van der Waals surface area (Å²) in [5.41, 5.74) is 0.651. The SMILES string of the molecule is O=[N+]([O-])c1ccccc1Cn1ncnc1CCl. The highest BCUT2D eigenvalue weighted by Gasteiger charge is 2.14. The van der Waals surface area contributed by atoms with Gasteiger partial charge in [0, 0.05) is 6.07 Å². The summed E-state index contributed by atoms with van der Waals surface area (Å²) >= 11 is 5.68. The fourth-order valence-electron chi connectivity index (χ4n) is 1.51. The Morgan fingerprint density at radius 2 is 2.18 bits per heavy atom. The van der Waals surface area contributed by atoms with E-state index in [0.717, 1.165) is 0 Å². The van der Waals surface area contributed by atoms with Gasteiger partial charge in [-0.2, -0.15) is 5.10 Å². The van der Waals surface area contributed by atoms with Gasteiger partial charge in [-0.1, -0.05) is 18.2 Å². The molecule has 1 heterocycles. The molecule has 2 aromatic rings. The van der Waals surface area contributed by atoms with Gasteiger partial charge in [-0.3, -0.25) is 10.1 Å². The molecule has 0 amide bonds. The van der Waals surface area contributed by atoms with Crippen LogP contribution in [0.3, 0.4) is 0 Å². The van der Waals surface area contributed by atoms with E-state index in [1.54, 1.807) is 22.9 Å². The first-order valence-corrected chi connectivity index (χ1v) is 5.40. The lowest BCUT2D eigenvalue weighted by Gasteiger charge is -2.04. The van der Waals surface area contributed by atoms with Crippen LogP contribution in [0.25, 0.3) is 0 Å². The third-order valence-electron chi connectivity index (χ3n) is 2.32. The number of benzene rings is 1. The number of aromatic nitrogens is 3. The van der Waals surface area contributed by atoms with Crippen molar-refractivity contribution in [1.82, 2.24) is 14.8 Å². The van der Waals surface area contributed by atoms with Gasteiger partial charge < -0.3 is 0 Å². The molecule has 0 saturated carbocycles. The first-order valence-electron chi connectivity index (χ1n) is 4.87. The molecule has 0 radical (unpaired) electrons. The molecule has 1 aromatic heterocycles. The van der Waals surface area contributed by atoms with Crippen molar-refractivity contribution in [3.63, 3.8) is 0 Å². The first-order chi connectivity index (χ1) is 8.22. The summed E-state index contributed by atoms with van der Waals surface area (Å²) in [5.74, 6) is 0.811. The molecule has 0 fully saturated rings. The molecule has 0 aliphatic carbocycles. The largest absolute Gasteiger partial charge is 0.274 e. The molecule has 6 nitrogen and oxygen atoms in total. The van der Waals surface area contributed by atoms with Crippen molar-refractivity contribution >= 4 is 17.3 Å². The molecule has 0 unspecified atom stereocenters. The Morgan fingerprint density at radius 1 is 1.41 bits per heavy atom. The lowest BCUT2D eigenvalue weighted by Crippen LogP contribution is -2.07. The monoisotopic (exact) mass is 252 g/mol. The topological polar surface area (TPSA) is 73.8 Å². The Morgan fingerprint density at radius 3 is 2.88 bits per heavy atom. The van der Waals surface area contributed by atoms with Crippen LogP contribution in [0.4, 0.5) is 5.69 Å². The second-order valence-electron chi connectivity index (χ2n) is 3.35. The summed E-state index contributed by atoms with van der Waals surface area (Å²) in [4.78, 5) is 14.4. The second kappa shape index (κ2) is 4.92. The van der Waals surface area contributed by atoms with Gasteiger partial charge in [0.1, 0.15) is 12.2 Å². The Bertz CT molecular complexity index is 541. The van der Waals surface area contributed by atoms with Crippen LogP contribution in [0, 0.1) is 10.1 Å². The quantitative estimate of drug-likeness (QED) is 0.474. The molecule has 2 rings (SSSR count). The van der Waals surface area contributed by atoms with Gasteiger partial charge >= 0.3 is 0 Å². The zero-order valence-electron chi connectivity index (χ0n) is 8.78. The average molecular weight is 253 g/mol. The Balaban J connectivity index is 2.33. The molecule has 0 atom stereocenters. The first kappa shape index (κ1) is 11.5. The number of halogens is 1. The van der Waals surface area contributed by atoms with Crippen molar-refractivity contribution < 1.29 is 4.92 Å². The lowest BCUT2D eigenvalue weighted by molar-refractivity contribution is -0.385. The predicted octanol–water partition coefficient (Wildman–Crippen LogP) is 1.97. The Labute approximate surface area is 102 Å². The van der Waals surface area contributed by atoms with E-state index >= 15 is 0 Å². The maximum absolute atomic E-state index is 10.8. The van der Waals surface area contributed by atoms with Crippen molar-refractivity contribution in [3.8, 4) is 0 Å². The van der Waals surface area contributed by atoms with Gasteiger partial charge in [0.2, 0.25) is 0 Å². The minimum atomic E-state index is -0.410. The minimum Gasteiger partial charge on any atom is -0.258 e. The van der Waals surface area contributed by atoms with Crippen molar-refractivity contribution in [2.75, 3.05) is 0 Å². The summed E-state index contributed by atoms with van der Waals surface area (Å²) < 4.78 is 1.55. The fourth-order valence-corrected chi connectivity index (χ4v) is 1.71. The van der Waals surface area contributed by atoms with E-state index < -0.39 is 4.92 Å². The van der Waals surface area contributed by atoms with Crippen LogP contribution in [-0.4, -0.2) is 19.7 Å². The van der Waals surface area contributed by atoms with Gasteiger partial charge in [0.15, 0.2) is 0 Å². The molecule has 88 valence electrons. The van der Waals surface area contributed by atoms with Crippen LogP contribution >= 0.6 is 11.6 Å². The number of para-hydroxylation sites is 1. The Hall–Kier alpha value is -1.95. The van der Waals surface area contributed by atoms with Crippen LogP contribution in [0.5, 0.6) is 0 Å². The summed E-state index contributed by atoms with van der Waals surface area (Å²) in [6, 6.07) is 6.54. The molecule has 1 aromatic carbocycles. The van der Waals surface area contributed by atoms with Crippen LogP contribution in [0.2, 0.25) is 0 Å². The van der Waals surface area contributed by atoms with Crippen LogP contribution in [0.15, 0.2) is 30.6 Å². The number of nitrogens with zero attached hydrogens (tertiary/aromatic N) is 4. The summed E-state index contributed by atoms with van der Waals surface area (Å²) in [5, 5.41) is 14.8. The molecule has 7 heteroatoms. The molecule has 0 N–H and O–H groups in total. The number of rotatable bonds is 4. The van der Waals surface area contributed by atoms with Crippen molar-refractivity contribution in [2.24, 2.45) is 0 Å². The zero-order valence-corrected chi connectivity index (χ0v) is 9.54. The highest BCUT2D eigenvalue weighted by atomic mass is 35.5. The van der Waals surface area contributed by atoms with Crippen molar-refractivity contribution in [1.29, 1.82) is 0 Å². The number of hydrogen-bond acceptors (Lipinski definition) is 4. The molecule has 0 bridgehead atoms. The molecule has 0 aliphatic heterocycles. The predicted molar refractivity (Wildman–Crippen MR) is 61.8 cm³/mol. The zero-order chi connectivity index (χ0) is 12.3. The highest BCUT2D eigenvalue weighted by molar-refractivity contribution is 6.16. The molecular formula is C10H9ClN4O2. The van der Waals surface area contributed by atoms with Crippen molar-refractivity contribution in [3.05, 3.63) is 52.1 Å². The molecule has 0 spiro atoms.